The molecule has 2 aliphatic heterocycles. The van der Waals surface area contributed by atoms with Crippen LogP contribution in [0.15, 0.2) is 42.6 Å². The first kappa shape index (κ1) is 17.6. The molecule has 1 aromatic carbocycles. The van der Waals surface area contributed by atoms with Crippen LogP contribution in [0.4, 0.5) is 5.82 Å². The summed E-state index contributed by atoms with van der Waals surface area (Å²) in [6.45, 7) is 7.31. The maximum atomic E-state index is 5.47. The Morgan fingerprint density at radius 2 is 1.86 bits per heavy atom. The number of morpholine rings is 1. The van der Waals surface area contributed by atoms with Crippen molar-refractivity contribution in [2.24, 2.45) is 5.92 Å². The molecule has 6 nitrogen and oxygen atoms in total. The highest BCUT2D eigenvalue weighted by Crippen LogP contribution is 2.29. The molecule has 0 aliphatic carbocycles. The van der Waals surface area contributed by atoms with Crippen LogP contribution in [-0.4, -0.2) is 66.0 Å². The minimum Gasteiger partial charge on any atom is -0.379 e. The Morgan fingerprint density at radius 3 is 2.71 bits per heavy atom. The van der Waals surface area contributed by atoms with E-state index < -0.39 is 0 Å². The first-order valence-corrected chi connectivity index (χ1v) is 10.3. The Morgan fingerprint density at radius 1 is 1.04 bits per heavy atom. The van der Waals surface area contributed by atoms with Gasteiger partial charge < -0.3 is 9.64 Å². The number of fused-ring (bicyclic) bond motifs is 1. The summed E-state index contributed by atoms with van der Waals surface area (Å²) < 4.78 is 5.47. The fourth-order valence-electron chi connectivity index (χ4n) is 4.42. The van der Waals surface area contributed by atoms with E-state index in [0.29, 0.717) is 0 Å². The van der Waals surface area contributed by atoms with E-state index in [0.717, 1.165) is 73.3 Å². The van der Waals surface area contributed by atoms with E-state index in [2.05, 4.69) is 55.3 Å². The molecule has 2 aromatic heterocycles. The molecule has 2 fully saturated rings. The smallest absolute Gasteiger partial charge is 0.129 e. The number of nitrogens with zero attached hydrogens (tertiary/aromatic N) is 4. The van der Waals surface area contributed by atoms with Gasteiger partial charge in [-0.15, -0.1) is 0 Å². The largest absolute Gasteiger partial charge is 0.379 e. The summed E-state index contributed by atoms with van der Waals surface area (Å²) in [5.74, 6) is 1.85. The van der Waals surface area contributed by atoms with E-state index in [9.17, 15) is 0 Å². The van der Waals surface area contributed by atoms with Gasteiger partial charge in [-0.25, -0.2) is 4.98 Å². The zero-order chi connectivity index (χ0) is 18.8. The monoisotopic (exact) mass is 377 g/mol. The minimum atomic E-state index is 0.785. The Kier molecular flexibility index (Phi) is 4.97. The fraction of sp³-hybridized carbons (Fsp3) is 0.455. The second-order valence-electron chi connectivity index (χ2n) is 7.86. The first-order valence-electron chi connectivity index (χ1n) is 10.3. The molecule has 3 aromatic rings. The molecule has 0 unspecified atom stereocenters. The van der Waals surface area contributed by atoms with Crippen LogP contribution in [0.2, 0.25) is 0 Å². The van der Waals surface area contributed by atoms with Gasteiger partial charge in [0.05, 0.1) is 18.7 Å². The van der Waals surface area contributed by atoms with Crippen molar-refractivity contribution in [2.75, 3.05) is 50.8 Å². The predicted molar refractivity (Wildman–Crippen MR) is 112 cm³/mol. The number of pyridine rings is 1. The molecule has 0 amide bonds. The highest BCUT2D eigenvalue weighted by Gasteiger charge is 2.23. The van der Waals surface area contributed by atoms with Gasteiger partial charge in [0.2, 0.25) is 0 Å². The zero-order valence-electron chi connectivity index (χ0n) is 16.2. The SMILES string of the molecule is c1ccc2c(-c3ccnc(N4CCC(CN5CCOCC5)CC4)c3)n[nH]c2c1. The lowest BCUT2D eigenvalue weighted by Gasteiger charge is -2.36. The number of ether oxygens (including phenoxy) is 1. The highest BCUT2D eigenvalue weighted by molar-refractivity contribution is 5.93. The van der Waals surface area contributed by atoms with Crippen LogP contribution < -0.4 is 4.90 Å². The summed E-state index contributed by atoms with van der Waals surface area (Å²) in [4.78, 5) is 9.64. The van der Waals surface area contributed by atoms with Crippen LogP contribution in [-0.2, 0) is 4.74 Å². The van der Waals surface area contributed by atoms with Crippen molar-refractivity contribution in [1.82, 2.24) is 20.1 Å². The van der Waals surface area contributed by atoms with Crippen molar-refractivity contribution in [3.63, 3.8) is 0 Å². The molecule has 5 rings (SSSR count). The molecular formula is C22H27N5O. The number of benzene rings is 1. The topological polar surface area (TPSA) is 57.3 Å². The average molecular weight is 377 g/mol. The molecule has 1 N–H and O–H groups in total. The van der Waals surface area contributed by atoms with E-state index in [4.69, 9.17) is 4.74 Å². The summed E-state index contributed by atoms with van der Waals surface area (Å²) in [5.41, 5.74) is 3.19. The Hall–Kier alpha value is -2.44. The molecule has 146 valence electrons. The average Bonchev–Trinajstić information content (AvgIpc) is 3.19. The van der Waals surface area contributed by atoms with Gasteiger partial charge in [-0.3, -0.25) is 10.00 Å². The number of rotatable bonds is 4. The van der Waals surface area contributed by atoms with Crippen molar-refractivity contribution in [2.45, 2.75) is 12.8 Å². The van der Waals surface area contributed by atoms with Gasteiger partial charge >= 0.3 is 0 Å². The van der Waals surface area contributed by atoms with Gasteiger partial charge in [0.15, 0.2) is 0 Å². The molecule has 2 saturated heterocycles. The Labute approximate surface area is 165 Å². The number of nitrogens with one attached hydrogen (secondary N) is 1. The summed E-state index contributed by atoms with van der Waals surface area (Å²) in [6, 6.07) is 12.5. The number of hydrogen-bond acceptors (Lipinski definition) is 5. The van der Waals surface area contributed by atoms with E-state index in [1.54, 1.807) is 0 Å². The van der Waals surface area contributed by atoms with Crippen molar-refractivity contribution < 1.29 is 4.74 Å². The molecule has 28 heavy (non-hydrogen) atoms. The van der Waals surface area contributed by atoms with Gasteiger partial charge in [-0.1, -0.05) is 18.2 Å². The standard InChI is InChI=1S/C22H27N5O/c1-2-4-20-19(3-1)22(25-24-20)18-5-8-23-21(15-18)27-9-6-17(7-10-27)16-26-11-13-28-14-12-26/h1-5,8,15,17H,6-7,9-14,16H2,(H,24,25). The number of aromatic amines is 1. The maximum Gasteiger partial charge on any atom is 0.129 e. The van der Waals surface area contributed by atoms with Crippen molar-refractivity contribution in [3.05, 3.63) is 42.6 Å². The van der Waals surface area contributed by atoms with Gasteiger partial charge in [0.25, 0.3) is 0 Å². The molecule has 2 aliphatic rings. The third-order valence-corrected chi connectivity index (χ3v) is 6.05. The molecule has 0 spiro atoms. The molecule has 4 heterocycles. The van der Waals surface area contributed by atoms with Crippen molar-refractivity contribution in [3.8, 4) is 11.3 Å². The minimum absolute atomic E-state index is 0.785. The normalized spacial score (nSPS) is 19.4. The van der Waals surface area contributed by atoms with Crippen molar-refractivity contribution >= 4 is 16.7 Å². The lowest BCUT2D eigenvalue weighted by atomic mass is 9.96. The fourth-order valence-corrected chi connectivity index (χ4v) is 4.42. The molecular weight excluding hydrogens is 350 g/mol. The van der Waals surface area contributed by atoms with E-state index in [1.165, 1.54) is 19.4 Å². The predicted octanol–water partition coefficient (Wildman–Crippen LogP) is 3.17. The van der Waals surface area contributed by atoms with Crippen LogP contribution in [0, 0.1) is 5.92 Å². The summed E-state index contributed by atoms with van der Waals surface area (Å²) in [7, 11) is 0. The van der Waals surface area contributed by atoms with E-state index >= 15 is 0 Å². The van der Waals surface area contributed by atoms with Crippen LogP contribution >= 0.6 is 0 Å². The second-order valence-corrected chi connectivity index (χ2v) is 7.86. The van der Waals surface area contributed by atoms with Crippen LogP contribution in [0.25, 0.3) is 22.2 Å². The van der Waals surface area contributed by atoms with Gasteiger partial charge in [-0.05, 0) is 37.0 Å². The molecule has 6 heteroatoms. The molecule has 0 saturated carbocycles. The number of anilines is 1. The number of hydrogen-bond donors (Lipinski definition) is 1. The Balaban J connectivity index is 1.27. The van der Waals surface area contributed by atoms with Crippen LogP contribution in [0.1, 0.15) is 12.8 Å². The van der Waals surface area contributed by atoms with E-state index in [1.807, 2.05) is 12.3 Å². The van der Waals surface area contributed by atoms with E-state index in [-0.39, 0.29) is 0 Å². The molecule has 0 radical (unpaired) electrons. The third kappa shape index (κ3) is 3.62. The van der Waals surface area contributed by atoms with Crippen LogP contribution in [0.5, 0.6) is 0 Å². The number of para-hydroxylation sites is 1. The first-order chi connectivity index (χ1) is 13.9. The number of aromatic nitrogens is 3. The zero-order valence-corrected chi connectivity index (χ0v) is 16.2. The Bertz CT molecular complexity index is 925. The van der Waals surface area contributed by atoms with Crippen molar-refractivity contribution in [1.29, 1.82) is 0 Å². The lowest BCUT2D eigenvalue weighted by Crippen LogP contribution is -2.43. The lowest BCUT2D eigenvalue weighted by molar-refractivity contribution is 0.0289. The molecule has 0 atom stereocenters. The third-order valence-electron chi connectivity index (χ3n) is 6.05. The quantitative estimate of drug-likeness (QED) is 0.757. The highest BCUT2D eigenvalue weighted by atomic mass is 16.5. The van der Waals surface area contributed by atoms with Gasteiger partial charge in [-0.2, -0.15) is 5.10 Å². The summed E-state index contributed by atoms with van der Waals surface area (Å²) in [6.07, 6.45) is 4.37. The van der Waals surface area contributed by atoms with Gasteiger partial charge in [0.1, 0.15) is 11.5 Å². The number of H-pyrrole nitrogens is 1. The summed E-state index contributed by atoms with van der Waals surface area (Å²) >= 11 is 0. The maximum absolute atomic E-state index is 5.47. The van der Waals surface area contributed by atoms with Crippen LogP contribution in [0.3, 0.4) is 0 Å². The molecule has 0 bridgehead atoms. The van der Waals surface area contributed by atoms with Gasteiger partial charge in [0, 0.05) is 49.9 Å². The summed E-state index contributed by atoms with van der Waals surface area (Å²) in [5, 5.41) is 8.83. The second kappa shape index (κ2) is 7.89. The number of piperidine rings is 1.